The average molecular weight is 225 g/mol. The van der Waals surface area contributed by atoms with E-state index in [9.17, 15) is 0 Å². The van der Waals surface area contributed by atoms with E-state index in [4.69, 9.17) is 5.73 Å². The second-order valence-corrected chi connectivity index (χ2v) is 5.29. The third kappa shape index (κ3) is 2.77. The van der Waals surface area contributed by atoms with Gasteiger partial charge in [-0.25, -0.2) is 0 Å². The van der Waals surface area contributed by atoms with Crippen LogP contribution >= 0.6 is 11.3 Å². The lowest BCUT2D eigenvalue weighted by Gasteiger charge is -2.36. The predicted octanol–water partition coefficient (Wildman–Crippen LogP) is 1.70. The van der Waals surface area contributed by atoms with Gasteiger partial charge in [0.2, 0.25) is 0 Å². The highest BCUT2D eigenvalue weighted by Crippen LogP contribution is 2.21. The van der Waals surface area contributed by atoms with Gasteiger partial charge in [0.15, 0.2) is 0 Å². The molecule has 1 saturated heterocycles. The van der Waals surface area contributed by atoms with Gasteiger partial charge < -0.3 is 5.73 Å². The molecule has 2 rings (SSSR count). The van der Waals surface area contributed by atoms with Gasteiger partial charge in [0.1, 0.15) is 0 Å². The zero-order chi connectivity index (χ0) is 10.7. The zero-order valence-corrected chi connectivity index (χ0v) is 10.0. The first-order valence-electron chi connectivity index (χ1n) is 5.65. The quantitative estimate of drug-likeness (QED) is 0.851. The molecule has 0 bridgehead atoms. The third-order valence-corrected chi connectivity index (χ3v) is 4.03. The molecular weight excluding hydrogens is 206 g/mol. The summed E-state index contributed by atoms with van der Waals surface area (Å²) in [6.07, 6.45) is 4.30. The van der Waals surface area contributed by atoms with E-state index in [-0.39, 0.29) is 0 Å². The standard InChI is InChI=1S/C11H19N3S/c1-2-9-6-14(4-3-11(9)12)7-10-5-13-8-15-10/h5,8-9,11H,2-4,6-7,12H2,1H3. The van der Waals surface area contributed by atoms with Crippen molar-refractivity contribution in [3.63, 3.8) is 0 Å². The van der Waals surface area contributed by atoms with Crippen molar-refractivity contribution in [3.8, 4) is 0 Å². The zero-order valence-electron chi connectivity index (χ0n) is 9.22. The van der Waals surface area contributed by atoms with Crippen LogP contribution in [0.2, 0.25) is 0 Å². The number of rotatable bonds is 3. The Morgan fingerprint density at radius 1 is 1.67 bits per heavy atom. The van der Waals surface area contributed by atoms with Gasteiger partial charge in [0, 0.05) is 36.8 Å². The summed E-state index contributed by atoms with van der Waals surface area (Å²) in [6, 6.07) is 0.410. The number of nitrogens with two attached hydrogens (primary N) is 1. The molecule has 0 saturated carbocycles. The van der Waals surface area contributed by atoms with Crippen molar-refractivity contribution in [1.29, 1.82) is 0 Å². The van der Waals surface area contributed by atoms with E-state index in [1.54, 1.807) is 11.3 Å². The van der Waals surface area contributed by atoms with Crippen LogP contribution in [0.15, 0.2) is 11.7 Å². The number of piperidine rings is 1. The number of nitrogens with zero attached hydrogens (tertiary/aromatic N) is 2. The van der Waals surface area contributed by atoms with Gasteiger partial charge in [-0.15, -0.1) is 11.3 Å². The first-order chi connectivity index (χ1) is 7.29. The maximum atomic E-state index is 6.09. The maximum Gasteiger partial charge on any atom is 0.0794 e. The summed E-state index contributed by atoms with van der Waals surface area (Å²) in [4.78, 5) is 7.98. The molecule has 2 atom stereocenters. The first-order valence-corrected chi connectivity index (χ1v) is 6.53. The van der Waals surface area contributed by atoms with Crippen LogP contribution < -0.4 is 5.73 Å². The molecule has 0 radical (unpaired) electrons. The van der Waals surface area contributed by atoms with Crippen LogP contribution in [0, 0.1) is 5.92 Å². The maximum absolute atomic E-state index is 6.09. The highest BCUT2D eigenvalue weighted by molar-refractivity contribution is 7.09. The number of thiazole rings is 1. The monoisotopic (exact) mass is 225 g/mol. The lowest BCUT2D eigenvalue weighted by Crippen LogP contribution is -2.46. The van der Waals surface area contributed by atoms with Crippen LogP contribution in [0.4, 0.5) is 0 Å². The van der Waals surface area contributed by atoms with Gasteiger partial charge in [-0.05, 0) is 12.3 Å². The van der Waals surface area contributed by atoms with Gasteiger partial charge in [0.25, 0.3) is 0 Å². The molecular formula is C11H19N3S. The second-order valence-electron chi connectivity index (χ2n) is 4.32. The predicted molar refractivity (Wildman–Crippen MR) is 63.8 cm³/mol. The highest BCUT2D eigenvalue weighted by Gasteiger charge is 2.25. The molecule has 2 unspecified atom stereocenters. The highest BCUT2D eigenvalue weighted by atomic mass is 32.1. The molecule has 0 amide bonds. The van der Waals surface area contributed by atoms with Crippen molar-refractivity contribution >= 4 is 11.3 Å². The Morgan fingerprint density at radius 2 is 2.53 bits per heavy atom. The van der Waals surface area contributed by atoms with Crippen molar-refractivity contribution in [1.82, 2.24) is 9.88 Å². The molecule has 1 aliphatic rings. The Kier molecular flexibility index (Phi) is 3.72. The molecule has 0 aromatic carbocycles. The number of likely N-dealkylation sites (tertiary alicyclic amines) is 1. The summed E-state index contributed by atoms with van der Waals surface area (Å²) in [7, 11) is 0. The van der Waals surface area contributed by atoms with Crippen molar-refractivity contribution < 1.29 is 0 Å². The molecule has 15 heavy (non-hydrogen) atoms. The van der Waals surface area contributed by atoms with Crippen LogP contribution in [-0.2, 0) is 6.54 Å². The summed E-state index contributed by atoms with van der Waals surface area (Å²) in [5.41, 5.74) is 7.99. The molecule has 0 spiro atoms. The Balaban J connectivity index is 1.89. The molecule has 1 fully saturated rings. The SMILES string of the molecule is CCC1CN(Cc2cncs2)CCC1N. The minimum Gasteiger partial charge on any atom is -0.327 e. The smallest absolute Gasteiger partial charge is 0.0794 e. The Morgan fingerprint density at radius 3 is 3.20 bits per heavy atom. The average Bonchev–Trinajstić information content (AvgIpc) is 2.73. The van der Waals surface area contributed by atoms with Crippen molar-refractivity contribution in [2.45, 2.75) is 32.4 Å². The fraction of sp³-hybridized carbons (Fsp3) is 0.727. The lowest BCUT2D eigenvalue weighted by atomic mass is 9.91. The Labute approximate surface area is 95.3 Å². The van der Waals surface area contributed by atoms with E-state index in [0.717, 1.165) is 26.1 Å². The molecule has 1 aromatic heterocycles. The van der Waals surface area contributed by atoms with Crippen molar-refractivity contribution in [2.75, 3.05) is 13.1 Å². The van der Waals surface area contributed by atoms with Gasteiger partial charge in [0.05, 0.1) is 5.51 Å². The molecule has 2 N–H and O–H groups in total. The van der Waals surface area contributed by atoms with Gasteiger partial charge in [-0.2, -0.15) is 0 Å². The molecule has 0 aliphatic carbocycles. The van der Waals surface area contributed by atoms with Gasteiger partial charge in [-0.3, -0.25) is 9.88 Å². The van der Waals surface area contributed by atoms with E-state index in [1.807, 2.05) is 11.7 Å². The second kappa shape index (κ2) is 5.05. The molecule has 4 heteroatoms. The fourth-order valence-electron chi connectivity index (χ4n) is 2.24. The molecule has 1 aromatic rings. The van der Waals surface area contributed by atoms with E-state index < -0.39 is 0 Å². The molecule has 1 aliphatic heterocycles. The first kappa shape index (κ1) is 11.0. The van der Waals surface area contributed by atoms with Gasteiger partial charge in [-0.1, -0.05) is 13.3 Å². The molecule has 3 nitrogen and oxygen atoms in total. The number of aromatic nitrogens is 1. The summed E-state index contributed by atoms with van der Waals surface area (Å²) in [6.45, 7) is 5.57. The van der Waals surface area contributed by atoms with E-state index in [1.165, 1.54) is 11.3 Å². The summed E-state index contributed by atoms with van der Waals surface area (Å²) in [5, 5.41) is 0. The van der Waals surface area contributed by atoms with Crippen LogP contribution in [-0.4, -0.2) is 29.0 Å². The van der Waals surface area contributed by atoms with E-state index in [2.05, 4.69) is 16.8 Å². The largest absolute Gasteiger partial charge is 0.327 e. The third-order valence-electron chi connectivity index (χ3n) is 3.26. The topological polar surface area (TPSA) is 42.2 Å². The van der Waals surface area contributed by atoms with Crippen LogP contribution in [0.1, 0.15) is 24.6 Å². The van der Waals surface area contributed by atoms with Crippen LogP contribution in [0.5, 0.6) is 0 Å². The Hall–Kier alpha value is -0.450. The van der Waals surface area contributed by atoms with E-state index >= 15 is 0 Å². The normalized spacial score (nSPS) is 28.1. The summed E-state index contributed by atoms with van der Waals surface area (Å²) >= 11 is 1.74. The Bertz CT molecular complexity index is 286. The van der Waals surface area contributed by atoms with E-state index in [0.29, 0.717) is 12.0 Å². The summed E-state index contributed by atoms with van der Waals surface area (Å²) in [5.74, 6) is 0.673. The summed E-state index contributed by atoms with van der Waals surface area (Å²) < 4.78 is 0. The minimum absolute atomic E-state index is 0.410. The van der Waals surface area contributed by atoms with Crippen LogP contribution in [0.3, 0.4) is 0 Å². The van der Waals surface area contributed by atoms with Crippen molar-refractivity contribution in [2.24, 2.45) is 11.7 Å². The lowest BCUT2D eigenvalue weighted by molar-refractivity contribution is 0.146. The molecule has 2 heterocycles. The van der Waals surface area contributed by atoms with Gasteiger partial charge >= 0.3 is 0 Å². The van der Waals surface area contributed by atoms with Crippen molar-refractivity contribution in [3.05, 3.63) is 16.6 Å². The molecule has 84 valence electrons. The fourth-order valence-corrected chi connectivity index (χ4v) is 2.88. The number of hydrogen-bond acceptors (Lipinski definition) is 4. The number of hydrogen-bond donors (Lipinski definition) is 1. The minimum atomic E-state index is 0.410. The van der Waals surface area contributed by atoms with Crippen LogP contribution in [0.25, 0.3) is 0 Å².